The molecule has 5 heterocycles. The maximum Gasteiger partial charge on any atom is 0.269 e. The summed E-state index contributed by atoms with van der Waals surface area (Å²) in [4.78, 5) is 42.7. The molecule has 2 fully saturated rings. The summed E-state index contributed by atoms with van der Waals surface area (Å²) in [5.41, 5.74) is 1.35. The number of fused-ring (bicyclic) bond motifs is 1. The summed E-state index contributed by atoms with van der Waals surface area (Å²) in [7, 11) is 3.51. The number of hydrogen-bond donors (Lipinski definition) is 2. The van der Waals surface area contributed by atoms with Gasteiger partial charge in [-0.2, -0.15) is 4.39 Å². The number of rotatable bonds is 4. The first kappa shape index (κ1) is 22.8. The monoisotopic (exact) mass is 469 g/mol. The number of aromatic amines is 1. The van der Waals surface area contributed by atoms with Crippen LogP contribution in [0, 0.1) is 5.95 Å². The molecule has 3 aliphatic heterocycles. The minimum atomic E-state index is -0.604. The van der Waals surface area contributed by atoms with Crippen LogP contribution in [0.25, 0.3) is 0 Å². The first-order chi connectivity index (χ1) is 16.4. The molecule has 1 amide bonds. The van der Waals surface area contributed by atoms with E-state index in [2.05, 4.69) is 25.1 Å². The lowest BCUT2D eigenvalue weighted by molar-refractivity contribution is 0.0957. The summed E-state index contributed by atoms with van der Waals surface area (Å²) in [5, 5.41) is 2.47. The Morgan fingerprint density at radius 1 is 1.15 bits per heavy atom. The third-order valence-electron chi connectivity index (χ3n) is 7.51. The SMILES string of the molecule is CNC(=O)c1ccc(N2CCC(N3CCC(c4nc5c(c(=O)[nH]4)CCCN5C)C3)CC2)c(F)n1. The van der Waals surface area contributed by atoms with E-state index in [-0.39, 0.29) is 17.2 Å². The number of piperidine rings is 1. The van der Waals surface area contributed by atoms with Gasteiger partial charge >= 0.3 is 0 Å². The van der Waals surface area contributed by atoms with Crippen LogP contribution in [0.5, 0.6) is 0 Å². The first-order valence-corrected chi connectivity index (χ1v) is 12.2. The van der Waals surface area contributed by atoms with Crippen molar-refractivity contribution in [2.24, 2.45) is 0 Å². The number of likely N-dealkylation sites (tertiary alicyclic amines) is 1. The zero-order chi connectivity index (χ0) is 23.8. The number of nitrogens with zero attached hydrogens (tertiary/aromatic N) is 5. The number of pyridine rings is 1. The predicted molar refractivity (Wildman–Crippen MR) is 128 cm³/mol. The van der Waals surface area contributed by atoms with Crippen molar-refractivity contribution in [3.63, 3.8) is 0 Å². The molecule has 10 heteroatoms. The van der Waals surface area contributed by atoms with Gasteiger partial charge in [0.2, 0.25) is 5.95 Å². The molecule has 0 saturated carbocycles. The van der Waals surface area contributed by atoms with Gasteiger partial charge in [0.15, 0.2) is 0 Å². The number of carbonyl (C=O) groups is 1. The van der Waals surface area contributed by atoms with E-state index < -0.39 is 11.9 Å². The fourth-order valence-corrected chi connectivity index (χ4v) is 5.57. The molecule has 0 aliphatic carbocycles. The van der Waals surface area contributed by atoms with E-state index in [1.54, 1.807) is 12.1 Å². The van der Waals surface area contributed by atoms with Crippen molar-refractivity contribution in [3.05, 3.63) is 45.5 Å². The Labute approximate surface area is 198 Å². The molecule has 2 saturated heterocycles. The third kappa shape index (κ3) is 4.26. The number of nitrogens with one attached hydrogen (secondary N) is 2. The van der Waals surface area contributed by atoms with Gasteiger partial charge < -0.3 is 20.1 Å². The Bertz CT molecular complexity index is 1130. The highest BCUT2D eigenvalue weighted by Crippen LogP contribution is 2.32. The predicted octanol–water partition coefficient (Wildman–Crippen LogP) is 1.50. The molecule has 182 valence electrons. The van der Waals surface area contributed by atoms with E-state index in [1.165, 1.54) is 7.05 Å². The number of hydrogen-bond acceptors (Lipinski definition) is 7. The lowest BCUT2D eigenvalue weighted by Gasteiger charge is -2.37. The second-order valence-corrected chi connectivity index (χ2v) is 9.56. The fraction of sp³-hybridized carbons (Fsp3) is 0.583. The summed E-state index contributed by atoms with van der Waals surface area (Å²) in [6.45, 7) is 4.27. The smallest absolute Gasteiger partial charge is 0.269 e. The lowest BCUT2D eigenvalue weighted by atomic mass is 10.0. The fourth-order valence-electron chi connectivity index (χ4n) is 5.57. The molecule has 2 aromatic heterocycles. The minimum Gasteiger partial charge on any atom is -0.368 e. The zero-order valence-electron chi connectivity index (χ0n) is 19.8. The molecule has 3 aliphatic rings. The normalized spacial score (nSPS) is 21.6. The van der Waals surface area contributed by atoms with Crippen LogP contribution >= 0.6 is 0 Å². The van der Waals surface area contributed by atoms with Gasteiger partial charge in [0.05, 0.1) is 11.3 Å². The number of H-pyrrole nitrogens is 1. The highest BCUT2D eigenvalue weighted by atomic mass is 19.1. The van der Waals surface area contributed by atoms with Crippen molar-refractivity contribution >= 4 is 17.4 Å². The van der Waals surface area contributed by atoms with E-state index in [0.29, 0.717) is 11.7 Å². The Balaban J connectivity index is 1.21. The molecule has 0 aromatic carbocycles. The van der Waals surface area contributed by atoms with E-state index in [4.69, 9.17) is 4.98 Å². The Kier molecular flexibility index (Phi) is 6.24. The molecule has 2 aromatic rings. The largest absolute Gasteiger partial charge is 0.368 e. The Morgan fingerprint density at radius 2 is 1.94 bits per heavy atom. The van der Waals surface area contributed by atoms with Crippen molar-refractivity contribution in [1.29, 1.82) is 0 Å². The van der Waals surface area contributed by atoms with Crippen LogP contribution in [0.15, 0.2) is 16.9 Å². The van der Waals surface area contributed by atoms with Gasteiger partial charge in [-0.15, -0.1) is 0 Å². The summed E-state index contributed by atoms with van der Waals surface area (Å²) in [6.07, 6.45) is 4.62. The maximum absolute atomic E-state index is 14.6. The molecule has 0 radical (unpaired) electrons. The van der Waals surface area contributed by atoms with Crippen LogP contribution in [0.2, 0.25) is 0 Å². The van der Waals surface area contributed by atoms with Gasteiger partial charge in [-0.3, -0.25) is 14.5 Å². The van der Waals surface area contributed by atoms with Crippen LogP contribution < -0.4 is 20.7 Å². The van der Waals surface area contributed by atoms with Crippen molar-refractivity contribution in [1.82, 2.24) is 25.2 Å². The van der Waals surface area contributed by atoms with Gasteiger partial charge in [0.1, 0.15) is 17.3 Å². The molecule has 5 rings (SSSR count). The molecular weight excluding hydrogens is 437 g/mol. The number of anilines is 2. The number of aromatic nitrogens is 3. The summed E-state index contributed by atoms with van der Waals surface area (Å²) in [5.74, 6) is 0.879. The third-order valence-corrected chi connectivity index (χ3v) is 7.51. The van der Waals surface area contributed by atoms with Gasteiger partial charge in [-0.25, -0.2) is 9.97 Å². The molecule has 34 heavy (non-hydrogen) atoms. The lowest BCUT2D eigenvalue weighted by Crippen LogP contribution is -2.44. The molecular formula is C24H32FN7O2. The molecule has 0 bridgehead atoms. The van der Waals surface area contributed by atoms with Crippen molar-refractivity contribution in [2.75, 3.05) is 56.6 Å². The van der Waals surface area contributed by atoms with E-state index in [0.717, 1.165) is 82.0 Å². The van der Waals surface area contributed by atoms with Crippen LogP contribution in [0.4, 0.5) is 15.9 Å². The van der Waals surface area contributed by atoms with E-state index in [9.17, 15) is 14.0 Å². The average molecular weight is 470 g/mol. The topological polar surface area (TPSA) is 97.5 Å². The van der Waals surface area contributed by atoms with Crippen LogP contribution in [0.3, 0.4) is 0 Å². The number of halogens is 1. The number of carbonyl (C=O) groups excluding carboxylic acids is 1. The highest BCUT2D eigenvalue weighted by Gasteiger charge is 2.34. The Morgan fingerprint density at radius 3 is 2.68 bits per heavy atom. The van der Waals surface area contributed by atoms with Gasteiger partial charge in [-0.05, 0) is 50.8 Å². The van der Waals surface area contributed by atoms with Gasteiger partial charge in [0, 0.05) is 52.2 Å². The minimum absolute atomic E-state index is 0.0105. The molecule has 1 unspecified atom stereocenters. The first-order valence-electron chi connectivity index (χ1n) is 12.2. The van der Waals surface area contributed by atoms with Crippen LogP contribution in [-0.4, -0.2) is 78.6 Å². The number of amides is 1. The molecule has 0 spiro atoms. The van der Waals surface area contributed by atoms with Gasteiger partial charge in [-0.1, -0.05) is 0 Å². The Hall–Kier alpha value is -3.01. The van der Waals surface area contributed by atoms with Crippen LogP contribution in [0.1, 0.15) is 53.5 Å². The zero-order valence-corrected chi connectivity index (χ0v) is 19.8. The van der Waals surface area contributed by atoms with Crippen LogP contribution in [-0.2, 0) is 6.42 Å². The maximum atomic E-state index is 14.6. The summed E-state index contributed by atoms with van der Waals surface area (Å²) < 4.78 is 14.6. The summed E-state index contributed by atoms with van der Waals surface area (Å²) >= 11 is 0. The van der Waals surface area contributed by atoms with Crippen molar-refractivity contribution in [3.8, 4) is 0 Å². The van der Waals surface area contributed by atoms with Crippen molar-refractivity contribution in [2.45, 2.75) is 44.1 Å². The standard InChI is InChI=1S/C24H32FN7O2/c1-26-24(34)18-5-6-19(20(25)27-18)31-12-8-16(9-13-31)32-11-7-15(14-32)21-28-22-17(23(33)29-21)4-3-10-30(22)2/h5-6,15-16H,3-4,7-14H2,1-2H3,(H,26,34)(H,28,29,33). The van der Waals surface area contributed by atoms with Crippen molar-refractivity contribution < 1.29 is 9.18 Å². The second kappa shape index (κ2) is 9.32. The molecule has 1 atom stereocenters. The highest BCUT2D eigenvalue weighted by molar-refractivity contribution is 5.92. The van der Waals surface area contributed by atoms with Gasteiger partial charge in [0.25, 0.3) is 11.5 Å². The second-order valence-electron chi connectivity index (χ2n) is 9.56. The average Bonchev–Trinajstić information content (AvgIpc) is 3.34. The van der Waals surface area contributed by atoms with E-state index in [1.807, 2.05) is 11.9 Å². The quantitative estimate of drug-likeness (QED) is 0.655. The summed E-state index contributed by atoms with van der Waals surface area (Å²) in [6, 6.07) is 3.64. The molecule has 2 N–H and O–H groups in total. The van der Waals surface area contributed by atoms with E-state index >= 15 is 0 Å². The molecule has 9 nitrogen and oxygen atoms in total.